The molecule has 0 radical (unpaired) electrons. The molecule has 1 saturated carbocycles. The third kappa shape index (κ3) is 3.14. The molecular formula is C16H23BrN2. The van der Waals surface area contributed by atoms with Crippen LogP contribution in [0.15, 0.2) is 22.7 Å². The van der Waals surface area contributed by atoms with Crippen LogP contribution in [0.3, 0.4) is 0 Å². The van der Waals surface area contributed by atoms with Crippen LogP contribution >= 0.6 is 15.9 Å². The minimum atomic E-state index is 0.643. The van der Waals surface area contributed by atoms with E-state index in [1.165, 1.54) is 54.4 Å². The van der Waals surface area contributed by atoms with Crippen LogP contribution in [0.2, 0.25) is 0 Å². The molecule has 104 valence electrons. The van der Waals surface area contributed by atoms with E-state index in [1.54, 1.807) is 0 Å². The summed E-state index contributed by atoms with van der Waals surface area (Å²) >= 11 is 3.59. The number of anilines is 1. The summed E-state index contributed by atoms with van der Waals surface area (Å²) in [5.74, 6) is 0.807. The van der Waals surface area contributed by atoms with E-state index in [-0.39, 0.29) is 0 Å². The van der Waals surface area contributed by atoms with Gasteiger partial charge in [-0.05, 0) is 68.8 Å². The minimum absolute atomic E-state index is 0.643. The van der Waals surface area contributed by atoms with Crippen LogP contribution in [0.5, 0.6) is 0 Å². The Morgan fingerprint density at radius 2 is 2.05 bits per heavy atom. The molecule has 2 fully saturated rings. The number of nitrogens with one attached hydrogen (secondary N) is 2. The molecule has 3 unspecified atom stereocenters. The molecular weight excluding hydrogens is 300 g/mol. The van der Waals surface area contributed by atoms with Gasteiger partial charge >= 0.3 is 0 Å². The highest BCUT2D eigenvalue weighted by molar-refractivity contribution is 9.10. The molecule has 3 rings (SSSR count). The molecule has 0 aromatic heterocycles. The van der Waals surface area contributed by atoms with Crippen molar-refractivity contribution in [3.05, 3.63) is 28.2 Å². The van der Waals surface area contributed by atoms with Gasteiger partial charge in [-0.2, -0.15) is 0 Å². The van der Waals surface area contributed by atoms with E-state index in [4.69, 9.17) is 0 Å². The second kappa shape index (κ2) is 5.84. The van der Waals surface area contributed by atoms with Crippen molar-refractivity contribution in [2.24, 2.45) is 5.92 Å². The standard InChI is InChI=1S/C16H23BrN2/c1-11-8-12(17)10-13(9-11)19-16-5-2-4-14(16)15-6-3-7-18-15/h8-10,14-16,18-19H,2-7H2,1H3. The average Bonchev–Trinajstić information content (AvgIpc) is 2.96. The van der Waals surface area contributed by atoms with E-state index in [2.05, 4.69) is 51.7 Å². The lowest BCUT2D eigenvalue weighted by Crippen LogP contribution is -2.38. The van der Waals surface area contributed by atoms with Crippen molar-refractivity contribution in [1.29, 1.82) is 0 Å². The van der Waals surface area contributed by atoms with E-state index >= 15 is 0 Å². The Morgan fingerprint density at radius 3 is 2.79 bits per heavy atom. The van der Waals surface area contributed by atoms with Crippen LogP contribution < -0.4 is 10.6 Å². The summed E-state index contributed by atoms with van der Waals surface area (Å²) in [6.07, 6.45) is 6.77. The van der Waals surface area contributed by atoms with E-state index in [0.717, 1.165) is 12.0 Å². The van der Waals surface area contributed by atoms with Crippen molar-refractivity contribution in [3.8, 4) is 0 Å². The molecule has 2 nitrogen and oxygen atoms in total. The highest BCUT2D eigenvalue weighted by atomic mass is 79.9. The van der Waals surface area contributed by atoms with Gasteiger partial charge in [0, 0.05) is 22.2 Å². The Kier molecular flexibility index (Phi) is 4.13. The first-order valence-electron chi connectivity index (χ1n) is 7.49. The highest BCUT2D eigenvalue weighted by Gasteiger charge is 2.34. The number of rotatable bonds is 3. The molecule has 2 aliphatic rings. The van der Waals surface area contributed by atoms with Crippen LogP contribution in [0, 0.1) is 12.8 Å². The Balaban J connectivity index is 1.70. The highest BCUT2D eigenvalue weighted by Crippen LogP contribution is 2.34. The first-order valence-corrected chi connectivity index (χ1v) is 8.29. The molecule has 0 bridgehead atoms. The molecule has 19 heavy (non-hydrogen) atoms. The van der Waals surface area contributed by atoms with E-state index in [1.807, 2.05) is 0 Å². The van der Waals surface area contributed by atoms with E-state index < -0.39 is 0 Å². The molecule has 1 saturated heterocycles. The van der Waals surface area contributed by atoms with Gasteiger partial charge in [-0.25, -0.2) is 0 Å². The van der Waals surface area contributed by atoms with E-state index in [9.17, 15) is 0 Å². The van der Waals surface area contributed by atoms with Crippen LogP contribution in [-0.2, 0) is 0 Å². The average molecular weight is 323 g/mol. The summed E-state index contributed by atoms with van der Waals surface area (Å²) in [6.45, 7) is 3.37. The third-order valence-electron chi connectivity index (χ3n) is 4.58. The molecule has 1 aliphatic heterocycles. The van der Waals surface area contributed by atoms with Crippen LogP contribution in [-0.4, -0.2) is 18.6 Å². The van der Waals surface area contributed by atoms with Crippen LogP contribution in [0.25, 0.3) is 0 Å². The van der Waals surface area contributed by atoms with Gasteiger partial charge in [0.25, 0.3) is 0 Å². The quantitative estimate of drug-likeness (QED) is 0.875. The summed E-state index contributed by atoms with van der Waals surface area (Å²) in [4.78, 5) is 0. The summed E-state index contributed by atoms with van der Waals surface area (Å²) in [6, 6.07) is 8.00. The van der Waals surface area contributed by atoms with Gasteiger partial charge in [-0.15, -0.1) is 0 Å². The number of aryl methyl sites for hydroxylation is 1. The maximum atomic E-state index is 3.78. The van der Waals surface area contributed by atoms with E-state index in [0.29, 0.717) is 6.04 Å². The number of benzene rings is 1. The second-order valence-corrected chi connectivity index (χ2v) is 6.98. The lowest BCUT2D eigenvalue weighted by molar-refractivity contribution is 0.376. The fourth-order valence-electron chi connectivity index (χ4n) is 3.76. The van der Waals surface area contributed by atoms with Crippen LogP contribution in [0.1, 0.15) is 37.7 Å². The number of hydrogen-bond donors (Lipinski definition) is 2. The maximum Gasteiger partial charge on any atom is 0.0356 e. The van der Waals surface area contributed by atoms with Crippen molar-refractivity contribution in [2.45, 2.75) is 51.1 Å². The summed E-state index contributed by atoms with van der Waals surface area (Å²) in [5, 5.41) is 7.47. The fraction of sp³-hybridized carbons (Fsp3) is 0.625. The van der Waals surface area contributed by atoms with Crippen molar-refractivity contribution >= 4 is 21.6 Å². The van der Waals surface area contributed by atoms with Crippen LogP contribution in [0.4, 0.5) is 5.69 Å². The van der Waals surface area contributed by atoms with Crippen molar-refractivity contribution in [3.63, 3.8) is 0 Å². The molecule has 2 N–H and O–H groups in total. The summed E-state index contributed by atoms with van der Waals surface area (Å²) in [7, 11) is 0. The van der Waals surface area contributed by atoms with Crippen molar-refractivity contribution in [2.75, 3.05) is 11.9 Å². The zero-order chi connectivity index (χ0) is 13.2. The second-order valence-electron chi connectivity index (χ2n) is 6.07. The number of halogens is 1. The Morgan fingerprint density at radius 1 is 1.16 bits per heavy atom. The zero-order valence-corrected chi connectivity index (χ0v) is 13.2. The van der Waals surface area contributed by atoms with Gasteiger partial charge < -0.3 is 10.6 Å². The molecule has 1 heterocycles. The first-order chi connectivity index (χ1) is 9.22. The smallest absolute Gasteiger partial charge is 0.0356 e. The fourth-order valence-corrected chi connectivity index (χ4v) is 4.37. The first kappa shape index (κ1) is 13.4. The van der Waals surface area contributed by atoms with Gasteiger partial charge in [-0.3, -0.25) is 0 Å². The largest absolute Gasteiger partial charge is 0.382 e. The normalized spacial score (nSPS) is 30.7. The van der Waals surface area contributed by atoms with Gasteiger partial charge in [0.15, 0.2) is 0 Å². The Labute approximate surface area is 124 Å². The lowest BCUT2D eigenvalue weighted by atomic mass is 9.93. The molecule has 0 spiro atoms. The van der Waals surface area contributed by atoms with Gasteiger partial charge in [0.2, 0.25) is 0 Å². The predicted octanol–water partition coefficient (Wildman–Crippen LogP) is 4.09. The van der Waals surface area contributed by atoms with Crippen molar-refractivity contribution in [1.82, 2.24) is 5.32 Å². The molecule has 1 aromatic rings. The van der Waals surface area contributed by atoms with Crippen molar-refractivity contribution < 1.29 is 0 Å². The Hall–Kier alpha value is -0.540. The number of hydrogen-bond acceptors (Lipinski definition) is 2. The molecule has 3 atom stereocenters. The maximum absolute atomic E-state index is 3.78. The predicted molar refractivity (Wildman–Crippen MR) is 84.7 cm³/mol. The topological polar surface area (TPSA) is 24.1 Å². The molecule has 3 heteroatoms. The lowest BCUT2D eigenvalue weighted by Gasteiger charge is -2.27. The summed E-state index contributed by atoms with van der Waals surface area (Å²) in [5.41, 5.74) is 2.58. The summed E-state index contributed by atoms with van der Waals surface area (Å²) < 4.78 is 1.17. The Bertz CT molecular complexity index is 420. The van der Waals surface area contributed by atoms with Gasteiger partial charge in [0.1, 0.15) is 0 Å². The monoisotopic (exact) mass is 322 g/mol. The molecule has 0 amide bonds. The molecule has 1 aromatic carbocycles. The molecule has 1 aliphatic carbocycles. The zero-order valence-electron chi connectivity index (χ0n) is 11.6. The van der Waals surface area contributed by atoms with Gasteiger partial charge in [0.05, 0.1) is 0 Å². The third-order valence-corrected chi connectivity index (χ3v) is 5.04. The minimum Gasteiger partial charge on any atom is -0.382 e. The van der Waals surface area contributed by atoms with Gasteiger partial charge in [-0.1, -0.05) is 22.4 Å². The SMILES string of the molecule is Cc1cc(Br)cc(NC2CCCC2C2CCCN2)c1.